The molecule has 0 unspecified atom stereocenters. The van der Waals surface area contributed by atoms with Gasteiger partial charge in [0, 0.05) is 18.3 Å². The first kappa shape index (κ1) is 14.4. The van der Waals surface area contributed by atoms with Crippen molar-refractivity contribution in [2.24, 2.45) is 0 Å². The minimum atomic E-state index is -0.0578. The third-order valence-electron chi connectivity index (χ3n) is 4.03. The van der Waals surface area contributed by atoms with Crippen LogP contribution in [0.1, 0.15) is 18.1 Å². The molecule has 2 aromatic rings. The van der Waals surface area contributed by atoms with Gasteiger partial charge in [0.25, 0.3) is 0 Å². The number of para-hydroxylation sites is 1. The molecule has 0 bridgehead atoms. The zero-order valence-electron chi connectivity index (χ0n) is 12.6. The Hall–Kier alpha value is -2.49. The Kier molecular flexibility index (Phi) is 4.00. The molecule has 1 aliphatic rings. The van der Waals surface area contributed by atoms with Crippen molar-refractivity contribution in [2.75, 3.05) is 11.4 Å². The number of carbonyl (C=O) groups excluding carboxylic acids is 1. The number of benzene rings is 2. The summed E-state index contributed by atoms with van der Waals surface area (Å²) in [6, 6.07) is 15.3. The lowest BCUT2D eigenvalue weighted by molar-refractivity contribution is 0.245. The molecule has 0 fully saturated rings. The summed E-state index contributed by atoms with van der Waals surface area (Å²) in [5.41, 5.74) is 3.23. The van der Waals surface area contributed by atoms with E-state index < -0.39 is 0 Å². The Balaban J connectivity index is 1.61. The van der Waals surface area contributed by atoms with Gasteiger partial charge in [-0.05, 0) is 49.1 Å². The quantitative estimate of drug-likeness (QED) is 0.914. The van der Waals surface area contributed by atoms with Crippen molar-refractivity contribution in [1.29, 1.82) is 0 Å². The van der Waals surface area contributed by atoms with Gasteiger partial charge in [-0.3, -0.25) is 4.90 Å². The van der Waals surface area contributed by atoms with Crippen LogP contribution in [0.15, 0.2) is 48.5 Å². The Labute approximate surface area is 130 Å². The monoisotopic (exact) mass is 296 g/mol. The van der Waals surface area contributed by atoms with Gasteiger partial charge in [0.15, 0.2) is 0 Å². The summed E-state index contributed by atoms with van der Waals surface area (Å²) in [7, 11) is 0. The van der Waals surface area contributed by atoms with Gasteiger partial charge in [-0.2, -0.15) is 0 Å². The molecule has 2 aromatic carbocycles. The summed E-state index contributed by atoms with van der Waals surface area (Å²) in [5, 5.41) is 12.4. The van der Waals surface area contributed by atoms with Crippen molar-refractivity contribution in [2.45, 2.75) is 25.8 Å². The average Bonchev–Trinajstić information content (AvgIpc) is 2.83. The van der Waals surface area contributed by atoms with E-state index >= 15 is 0 Å². The van der Waals surface area contributed by atoms with Crippen LogP contribution in [0.3, 0.4) is 0 Å². The highest BCUT2D eigenvalue weighted by Crippen LogP contribution is 2.31. The Bertz CT molecular complexity index is 684. The molecule has 0 saturated heterocycles. The van der Waals surface area contributed by atoms with Crippen molar-refractivity contribution in [3.63, 3.8) is 0 Å². The first-order valence-corrected chi connectivity index (χ1v) is 7.58. The predicted molar refractivity (Wildman–Crippen MR) is 87.3 cm³/mol. The third-order valence-corrected chi connectivity index (χ3v) is 4.03. The second kappa shape index (κ2) is 6.10. The summed E-state index contributed by atoms with van der Waals surface area (Å²) in [6.07, 6.45) is 1.60. The highest BCUT2D eigenvalue weighted by molar-refractivity contribution is 5.94. The van der Waals surface area contributed by atoms with Crippen molar-refractivity contribution in [1.82, 2.24) is 5.32 Å². The fourth-order valence-electron chi connectivity index (χ4n) is 2.99. The number of nitrogens with one attached hydrogen (secondary N) is 1. The van der Waals surface area contributed by atoms with E-state index in [1.165, 1.54) is 5.56 Å². The van der Waals surface area contributed by atoms with E-state index in [1.807, 2.05) is 35.2 Å². The maximum Gasteiger partial charge on any atom is 0.322 e. The third kappa shape index (κ3) is 2.91. The SMILES string of the molecule is C[C@@H]1Cc2ccccc2N1C(=O)NCCc1cccc(O)c1. The Morgan fingerprint density at radius 2 is 2.09 bits per heavy atom. The number of nitrogens with zero attached hydrogens (tertiary/aromatic N) is 1. The van der Waals surface area contributed by atoms with E-state index in [2.05, 4.69) is 18.3 Å². The van der Waals surface area contributed by atoms with Crippen LogP contribution in [0.2, 0.25) is 0 Å². The van der Waals surface area contributed by atoms with Crippen LogP contribution in [-0.2, 0) is 12.8 Å². The molecular weight excluding hydrogens is 276 g/mol. The molecule has 114 valence electrons. The maximum atomic E-state index is 12.4. The van der Waals surface area contributed by atoms with E-state index in [0.717, 1.165) is 17.7 Å². The van der Waals surface area contributed by atoms with E-state index in [1.54, 1.807) is 12.1 Å². The smallest absolute Gasteiger partial charge is 0.322 e. The van der Waals surface area contributed by atoms with Gasteiger partial charge < -0.3 is 10.4 Å². The molecule has 1 atom stereocenters. The van der Waals surface area contributed by atoms with Gasteiger partial charge in [0.2, 0.25) is 0 Å². The molecule has 2 N–H and O–H groups in total. The number of carbonyl (C=O) groups is 1. The fraction of sp³-hybridized carbons (Fsp3) is 0.278. The standard InChI is InChI=1S/C18H20N2O2/c1-13-11-15-6-2-3-8-17(15)20(13)18(22)19-10-9-14-5-4-7-16(21)12-14/h2-8,12-13,21H,9-11H2,1H3,(H,19,22)/t13-/m1/s1. The number of aromatic hydroxyl groups is 1. The van der Waals surface area contributed by atoms with E-state index in [9.17, 15) is 9.90 Å². The van der Waals surface area contributed by atoms with Gasteiger partial charge in [0.1, 0.15) is 5.75 Å². The number of urea groups is 1. The highest BCUT2D eigenvalue weighted by Gasteiger charge is 2.30. The molecule has 3 rings (SSSR count). The Morgan fingerprint density at radius 1 is 1.27 bits per heavy atom. The van der Waals surface area contributed by atoms with Gasteiger partial charge in [-0.1, -0.05) is 30.3 Å². The van der Waals surface area contributed by atoms with Crippen molar-refractivity contribution < 1.29 is 9.90 Å². The van der Waals surface area contributed by atoms with Crippen LogP contribution in [0.4, 0.5) is 10.5 Å². The lowest BCUT2D eigenvalue weighted by Crippen LogP contribution is -2.43. The number of phenolic OH excluding ortho intramolecular Hbond substituents is 1. The molecule has 4 nitrogen and oxygen atoms in total. The minimum absolute atomic E-state index is 0.0578. The van der Waals surface area contributed by atoms with E-state index in [-0.39, 0.29) is 17.8 Å². The lowest BCUT2D eigenvalue weighted by Gasteiger charge is -2.23. The van der Waals surface area contributed by atoms with Gasteiger partial charge >= 0.3 is 6.03 Å². The van der Waals surface area contributed by atoms with Crippen LogP contribution in [-0.4, -0.2) is 23.7 Å². The summed E-state index contributed by atoms with van der Waals surface area (Å²) in [6.45, 7) is 2.61. The zero-order valence-corrected chi connectivity index (χ0v) is 12.6. The first-order chi connectivity index (χ1) is 10.6. The summed E-state index contributed by atoms with van der Waals surface area (Å²) in [4.78, 5) is 14.3. The van der Waals surface area contributed by atoms with Crippen LogP contribution >= 0.6 is 0 Å². The normalized spacial score (nSPS) is 16.4. The second-order valence-electron chi connectivity index (χ2n) is 5.70. The lowest BCUT2D eigenvalue weighted by atomic mass is 10.1. The fourth-order valence-corrected chi connectivity index (χ4v) is 2.99. The van der Waals surface area contributed by atoms with Gasteiger partial charge in [0.05, 0.1) is 0 Å². The molecule has 0 aromatic heterocycles. The molecule has 0 saturated carbocycles. The molecule has 1 aliphatic heterocycles. The topological polar surface area (TPSA) is 52.6 Å². The number of phenols is 1. The second-order valence-corrected chi connectivity index (χ2v) is 5.70. The molecule has 0 aliphatic carbocycles. The number of rotatable bonds is 3. The molecule has 0 radical (unpaired) electrons. The summed E-state index contributed by atoms with van der Waals surface area (Å²) < 4.78 is 0. The predicted octanol–water partition coefficient (Wildman–Crippen LogP) is 3.10. The molecular formula is C18H20N2O2. The van der Waals surface area contributed by atoms with E-state index in [0.29, 0.717) is 13.0 Å². The molecule has 4 heteroatoms. The summed E-state index contributed by atoms with van der Waals surface area (Å²) >= 11 is 0. The van der Waals surface area contributed by atoms with Crippen molar-refractivity contribution in [3.8, 4) is 5.75 Å². The molecule has 1 heterocycles. The maximum absolute atomic E-state index is 12.4. The number of fused-ring (bicyclic) bond motifs is 1. The molecule has 22 heavy (non-hydrogen) atoms. The number of anilines is 1. The number of amides is 2. The average molecular weight is 296 g/mol. The van der Waals surface area contributed by atoms with Crippen LogP contribution in [0.5, 0.6) is 5.75 Å². The van der Waals surface area contributed by atoms with Crippen LogP contribution in [0.25, 0.3) is 0 Å². The summed E-state index contributed by atoms with van der Waals surface area (Å²) in [5.74, 6) is 0.255. The number of hydrogen-bond acceptors (Lipinski definition) is 2. The van der Waals surface area contributed by atoms with Crippen LogP contribution in [0, 0.1) is 0 Å². The van der Waals surface area contributed by atoms with E-state index in [4.69, 9.17) is 0 Å². The highest BCUT2D eigenvalue weighted by atomic mass is 16.3. The van der Waals surface area contributed by atoms with Crippen molar-refractivity contribution in [3.05, 3.63) is 59.7 Å². The molecule has 0 spiro atoms. The number of hydrogen-bond donors (Lipinski definition) is 2. The Morgan fingerprint density at radius 3 is 2.91 bits per heavy atom. The first-order valence-electron chi connectivity index (χ1n) is 7.58. The van der Waals surface area contributed by atoms with Gasteiger partial charge in [-0.15, -0.1) is 0 Å². The zero-order chi connectivity index (χ0) is 15.5. The van der Waals surface area contributed by atoms with Gasteiger partial charge in [-0.25, -0.2) is 4.79 Å². The molecule has 2 amide bonds. The minimum Gasteiger partial charge on any atom is -0.508 e. The van der Waals surface area contributed by atoms with Crippen molar-refractivity contribution >= 4 is 11.7 Å². The largest absolute Gasteiger partial charge is 0.508 e. The van der Waals surface area contributed by atoms with Crippen LogP contribution < -0.4 is 10.2 Å².